The predicted molar refractivity (Wildman–Crippen MR) is 112 cm³/mol. The Kier molecular flexibility index (Phi) is 8.02. The van der Waals surface area contributed by atoms with Gasteiger partial charge in [0.25, 0.3) is 11.8 Å². The Morgan fingerprint density at radius 2 is 1.87 bits per heavy atom. The van der Waals surface area contributed by atoms with E-state index in [1.165, 1.54) is 12.4 Å². The monoisotopic (exact) mass is 408 g/mol. The molecule has 7 heteroatoms. The summed E-state index contributed by atoms with van der Waals surface area (Å²) in [5.41, 5.74) is 0.832. The first-order valence-electron chi connectivity index (χ1n) is 10.6. The van der Waals surface area contributed by atoms with Crippen molar-refractivity contribution in [3.8, 4) is 17.7 Å². The molecule has 0 aliphatic heterocycles. The summed E-state index contributed by atoms with van der Waals surface area (Å²) < 4.78 is 11.5. The molecule has 1 aliphatic rings. The third-order valence-corrected chi connectivity index (χ3v) is 5.19. The van der Waals surface area contributed by atoms with Gasteiger partial charge in [-0.15, -0.1) is 0 Å². The van der Waals surface area contributed by atoms with Gasteiger partial charge in [-0.3, -0.25) is 4.79 Å². The maximum atomic E-state index is 12.5. The fraction of sp³-hybridized carbons (Fsp3) is 0.478. The molecule has 1 aromatic carbocycles. The summed E-state index contributed by atoms with van der Waals surface area (Å²) in [6, 6.07) is 9.40. The van der Waals surface area contributed by atoms with Crippen molar-refractivity contribution in [2.45, 2.75) is 64.0 Å². The van der Waals surface area contributed by atoms with E-state index in [1.54, 1.807) is 12.1 Å². The molecule has 1 heterocycles. The molecule has 7 nitrogen and oxygen atoms in total. The van der Waals surface area contributed by atoms with Gasteiger partial charge in [-0.05, 0) is 56.4 Å². The SMILES string of the molecule is CCCCCOc1ccc(C(=O)NC2CCC(Oc3nccnc3C#N)CC2)cc1. The number of amides is 1. The van der Waals surface area contributed by atoms with Crippen molar-refractivity contribution in [3.63, 3.8) is 0 Å². The van der Waals surface area contributed by atoms with Crippen molar-refractivity contribution in [2.24, 2.45) is 0 Å². The van der Waals surface area contributed by atoms with Crippen LogP contribution in [0.3, 0.4) is 0 Å². The van der Waals surface area contributed by atoms with Crippen LogP contribution in [-0.4, -0.2) is 34.6 Å². The van der Waals surface area contributed by atoms with E-state index in [0.29, 0.717) is 12.2 Å². The molecule has 158 valence electrons. The number of aromatic nitrogens is 2. The number of hydrogen-bond acceptors (Lipinski definition) is 6. The topological polar surface area (TPSA) is 97.1 Å². The molecule has 1 fully saturated rings. The van der Waals surface area contributed by atoms with Crippen LogP contribution in [0.15, 0.2) is 36.7 Å². The molecule has 0 radical (unpaired) electrons. The summed E-state index contributed by atoms with van der Waals surface area (Å²) in [6.07, 6.45) is 9.55. The van der Waals surface area contributed by atoms with E-state index in [2.05, 4.69) is 22.2 Å². The zero-order chi connectivity index (χ0) is 21.2. The Bertz CT molecular complexity index is 855. The Hall–Kier alpha value is -3.14. The minimum absolute atomic E-state index is 0.0221. The molecular weight excluding hydrogens is 380 g/mol. The Balaban J connectivity index is 1.43. The molecule has 0 unspecified atom stereocenters. The third-order valence-electron chi connectivity index (χ3n) is 5.19. The second kappa shape index (κ2) is 11.1. The highest BCUT2D eigenvalue weighted by Crippen LogP contribution is 2.24. The summed E-state index contributed by atoms with van der Waals surface area (Å²) in [6.45, 7) is 2.87. The number of carbonyl (C=O) groups excluding carboxylic acids is 1. The number of unbranched alkanes of at least 4 members (excludes halogenated alkanes) is 2. The fourth-order valence-corrected chi connectivity index (χ4v) is 3.48. The second-order valence-electron chi connectivity index (χ2n) is 7.47. The molecule has 0 spiro atoms. The van der Waals surface area contributed by atoms with Gasteiger partial charge in [0.15, 0.2) is 0 Å². The van der Waals surface area contributed by atoms with Gasteiger partial charge in [0.1, 0.15) is 17.9 Å². The summed E-state index contributed by atoms with van der Waals surface area (Å²) in [7, 11) is 0. The Morgan fingerprint density at radius 1 is 1.13 bits per heavy atom. The van der Waals surface area contributed by atoms with Gasteiger partial charge in [0.2, 0.25) is 5.69 Å². The van der Waals surface area contributed by atoms with E-state index in [1.807, 2.05) is 18.2 Å². The lowest BCUT2D eigenvalue weighted by Gasteiger charge is -2.29. The number of nitrogens with zero attached hydrogens (tertiary/aromatic N) is 3. The Labute approximate surface area is 177 Å². The molecule has 1 aliphatic carbocycles. The van der Waals surface area contributed by atoms with Gasteiger partial charge in [-0.1, -0.05) is 19.8 Å². The van der Waals surface area contributed by atoms with Crippen LogP contribution in [0.2, 0.25) is 0 Å². The second-order valence-corrected chi connectivity index (χ2v) is 7.47. The summed E-state index contributed by atoms with van der Waals surface area (Å²) in [5.74, 6) is 1.00. The van der Waals surface area contributed by atoms with Gasteiger partial charge in [0, 0.05) is 24.0 Å². The predicted octanol–water partition coefficient (Wildman–Crippen LogP) is 4.04. The molecule has 1 saturated carbocycles. The van der Waals surface area contributed by atoms with Crippen LogP contribution in [-0.2, 0) is 0 Å². The van der Waals surface area contributed by atoms with E-state index in [9.17, 15) is 4.79 Å². The minimum atomic E-state index is -0.0717. The average Bonchev–Trinajstić information content (AvgIpc) is 2.79. The van der Waals surface area contributed by atoms with E-state index in [0.717, 1.165) is 50.7 Å². The first-order valence-corrected chi connectivity index (χ1v) is 10.6. The molecular formula is C23H28N4O3. The molecule has 1 aromatic heterocycles. The number of hydrogen-bond donors (Lipinski definition) is 1. The lowest BCUT2D eigenvalue weighted by molar-refractivity contribution is 0.0889. The van der Waals surface area contributed by atoms with Crippen LogP contribution in [0, 0.1) is 11.3 Å². The van der Waals surface area contributed by atoms with Crippen molar-refractivity contribution < 1.29 is 14.3 Å². The molecule has 0 bridgehead atoms. The quantitative estimate of drug-likeness (QED) is 0.629. The van der Waals surface area contributed by atoms with Gasteiger partial charge in [-0.2, -0.15) is 5.26 Å². The van der Waals surface area contributed by atoms with Crippen LogP contribution < -0.4 is 14.8 Å². The van der Waals surface area contributed by atoms with E-state index in [-0.39, 0.29) is 29.6 Å². The number of benzene rings is 1. The smallest absolute Gasteiger partial charge is 0.251 e. The average molecular weight is 409 g/mol. The highest BCUT2D eigenvalue weighted by atomic mass is 16.5. The molecule has 3 rings (SSSR count). The maximum Gasteiger partial charge on any atom is 0.251 e. The van der Waals surface area contributed by atoms with Gasteiger partial charge < -0.3 is 14.8 Å². The number of ether oxygens (including phenoxy) is 2. The summed E-state index contributed by atoms with van der Waals surface area (Å²) in [4.78, 5) is 20.6. The van der Waals surface area contributed by atoms with Crippen molar-refractivity contribution in [1.82, 2.24) is 15.3 Å². The summed E-state index contributed by atoms with van der Waals surface area (Å²) in [5, 5.41) is 12.2. The lowest BCUT2D eigenvalue weighted by Crippen LogP contribution is -2.39. The summed E-state index contributed by atoms with van der Waals surface area (Å²) >= 11 is 0. The zero-order valence-electron chi connectivity index (χ0n) is 17.3. The fourth-order valence-electron chi connectivity index (χ4n) is 3.48. The van der Waals surface area contributed by atoms with Gasteiger partial charge in [0.05, 0.1) is 6.61 Å². The van der Waals surface area contributed by atoms with Crippen molar-refractivity contribution in [1.29, 1.82) is 5.26 Å². The van der Waals surface area contributed by atoms with Crippen LogP contribution >= 0.6 is 0 Å². The van der Waals surface area contributed by atoms with E-state index < -0.39 is 0 Å². The number of nitrogens with one attached hydrogen (secondary N) is 1. The number of carbonyl (C=O) groups is 1. The normalized spacial score (nSPS) is 18.3. The zero-order valence-corrected chi connectivity index (χ0v) is 17.3. The van der Waals surface area contributed by atoms with Crippen LogP contribution in [0.5, 0.6) is 11.6 Å². The van der Waals surface area contributed by atoms with Crippen molar-refractivity contribution >= 4 is 5.91 Å². The van der Waals surface area contributed by atoms with Gasteiger partial charge in [-0.25, -0.2) is 9.97 Å². The van der Waals surface area contributed by atoms with E-state index >= 15 is 0 Å². The van der Waals surface area contributed by atoms with Crippen LogP contribution in [0.25, 0.3) is 0 Å². The molecule has 0 atom stereocenters. The van der Waals surface area contributed by atoms with Crippen LogP contribution in [0.1, 0.15) is 67.9 Å². The van der Waals surface area contributed by atoms with Crippen LogP contribution in [0.4, 0.5) is 0 Å². The van der Waals surface area contributed by atoms with Gasteiger partial charge >= 0.3 is 0 Å². The van der Waals surface area contributed by atoms with E-state index in [4.69, 9.17) is 14.7 Å². The molecule has 30 heavy (non-hydrogen) atoms. The largest absolute Gasteiger partial charge is 0.494 e. The Morgan fingerprint density at radius 3 is 2.57 bits per heavy atom. The number of rotatable bonds is 9. The number of nitriles is 1. The molecule has 2 aromatic rings. The highest BCUT2D eigenvalue weighted by molar-refractivity contribution is 5.94. The standard InChI is InChI=1S/C23H28N4O3/c1-2-3-4-15-29-19-9-5-17(6-10-19)22(28)27-18-7-11-20(12-8-18)30-23-21(16-24)25-13-14-26-23/h5-6,9-10,13-14,18,20H,2-4,7-8,11-12,15H2,1H3,(H,27,28). The van der Waals surface area contributed by atoms with Crippen molar-refractivity contribution in [3.05, 3.63) is 47.9 Å². The lowest BCUT2D eigenvalue weighted by atomic mass is 9.92. The first-order chi connectivity index (χ1) is 14.7. The minimum Gasteiger partial charge on any atom is -0.494 e. The van der Waals surface area contributed by atoms with Crippen molar-refractivity contribution in [2.75, 3.05) is 6.61 Å². The highest BCUT2D eigenvalue weighted by Gasteiger charge is 2.25. The molecule has 1 amide bonds. The third kappa shape index (κ3) is 6.18. The first kappa shape index (κ1) is 21.6. The molecule has 0 saturated heterocycles. The molecule has 1 N–H and O–H groups in total. The maximum absolute atomic E-state index is 12.5.